The highest BCUT2D eigenvalue weighted by Gasteiger charge is 2.15. The number of benzene rings is 1. The van der Waals surface area contributed by atoms with Gasteiger partial charge < -0.3 is 4.74 Å². The zero-order valence-corrected chi connectivity index (χ0v) is 11.7. The number of thiophene rings is 1. The molecule has 0 saturated carbocycles. The molecule has 0 amide bonds. The molecule has 0 aliphatic heterocycles. The van der Waals surface area contributed by atoms with Crippen LogP contribution in [-0.2, 0) is 0 Å². The maximum absolute atomic E-state index is 13.8. The van der Waals surface area contributed by atoms with Crippen LogP contribution in [0.25, 0.3) is 10.2 Å². The molecule has 21 heavy (non-hydrogen) atoms. The van der Waals surface area contributed by atoms with E-state index in [2.05, 4.69) is 9.97 Å². The number of hydrogen-bond acceptors (Lipinski definition) is 6. The summed E-state index contributed by atoms with van der Waals surface area (Å²) in [5.41, 5.74) is -0.360. The summed E-state index contributed by atoms with van der Waals surface area (Å²) in [5.74, 6) is -0.941. The third-order valence-corrected chi connectivity index (χ3v) is 3.57. The van der Waals surface area contributed by atoms with Gasteiger partial charge in [-0.15, -0.1) is 11.3 Å². The van der Waals surface area contributed by atoms with Gasteiger partial charge in [0.2, 0.25) is 11.2 Å². The Morgan fingerprint density at radius 1 is 1.33 bits per heavy atom. The molecule has 2 heterocycles. The summed E-state index contributed by atoms with van der Waals surface area (Å²) in [6.45, 7) is 0. The van der Waals surface area contributed by atoms with Crippen molar-refractivity contribution in [2.24, 2.45) is 0 Å². The zero-order valence-electron chi connectivity index (χ0n) is 10.1. The van der Waals surface area contributed by atoms with E-state index in [1.54, 1.807) is 11.4 Å². The van der Waals surface area contributed by atoms with Crippen LogP contribution in [0, 0.1) is 15.9 Å². The summed E-state index contributed by atoms with van der Waals surface area (Å²) in [6.07, 6.45) is 0. The van der Waals surface area contributed by atoms with Crippen molar-refractivity contribution in [3.8, 4) is 11.6 Å². The molecule has 0 radical (unpaired) electrons. The predicted octanol–water partition coefficient (Wildman–Crippen LogP) is 4.18. The van der Waals surface area contributed by atoms with E-state index in [1.165, 1.54) is 17.4 Å². The smallest absolute Gasteiger partial charge is 0.272 e. The Bertz CT molecular complexity index is 855. The number of rotatable bonds is 3. The Kier molecular flexibility index (Phi) is 3.40. The average Bonchev–Trinajstić information content (AvgIpc) is 2.88. The predicted molar refractivity (Wildman–Crippen MR) is 75.6 cm³/mol. The summed E-state index contributed by atoms with van der Waals surface area (Å²) in [5, 5.41) is 12.9. The molecular formula is C12H5ClFN3O3S. The van der Waals surface area contributed by atoms with Gasteiger partial charge >= 0.3 is 0 Å². The van der Waals surface area contributed by atoms with Crippen LogP contribution in [0.2, 0.25) is 5.28 Å². The Hall–Kier alpha value is -2.32. The molecule has 0 aliphatic rings. The molecule has 0 bridgehead atoms. The third kappa shape index (κ3) is 2.63. The second kappa shape index (κ2) is 5.23. The maximum atomic E-state index is 13.8. The van der Waals surface area contributed by atoms with Gasteiger partial charge in [-0.25, -0.2) is 9.37 Å². The van der Waals surface area contributed by atoms with Crippen LogP contribution < -0.4 is 4.74 Å². The van der Waals surface area contributed by atoms with Gasteiger partial charge in [-0.3, -0.25) is 10.1 Å². The number of halogens is 2. The third-order valence-electron chi connectivity index (χ3n) is 2.60. The zero-order chi connectivity index (χ0) is 15.0. The molecule has 106 valence electrons. The fraction of sp³-hybridized carbons (Fsp3) is 0. The Balaban J connectivity index is 2.02. The average molecular weight is 326 g/mol. The van der Waals surface area contributed by atoms with Gasteiger partial charge in [0.25, 0.3) is 5.69 Å². The lowest BCUT2D eigenvalue weighted by Crippen LogP contribution is -1.95. The van der Waals surface area contributed by atoms with E-state index in [0.717, 1.165) is 12.1 Å². The molecule has 3 aromatic rings. The minimum atomic E-state index is -0.859. The van der Waals surface area contributed by atoms with Gasteiger partial charge in [0.05, 0.1) is 16.4 Å². The molecule has 0 spiro atoms. The van der Waals surface area contributed by atoms with E-state index in [-0.39, 0.29) is 22.6 Å². The van der Waals surface area contributed by atoms with Gasteiger partial charge in [0.15, 0.2) is 11.6 Å². The minimum absolute atomic E-state index is 0.0257. The summed E-state index contributed by atoms with van der Waals surface area (Å²) < 4.78 is 19.2. The van der Waals surface area contributed by atoms with Crippen LogP contribution in [-0.4, -0.2) is 14.9 Å². The van der Waals surface area contributed by atoms with Crippen molar-refractivity contribution in [2.45, 2.75) is 0 Å². The molecular weight excluding hydrogens is 321 g/mol. The quantitative estimate of drug-likeness (QED) is 0.410. The molecule has 3 rings (SSSR count). The lowest BCUT2D eigenvalue weighted by Gasteiger charge is -2.06. The van der Waals surface area contributed by atoms with Gasteiger partial charge in [0.1, 0.15) is 4.83 Å². The summed E-state index contributed by atoms with van der Waals surface area (Å²) in [4.78, 5) is 18.4. The van der Waals surface area contributed by atoms with Crippen molar-refractivity contribution in [3.05, 3.63) is 50.9 Å². The van der Waals surface area contributed by atoms with Gasteiger partial charge in [0, 0.05) is 6.07 Å². The Labute approximate surface area is 125 Å². The molecule has 0 fully saturated rings. The van der Waals surface area contributed by atoms with Crippen molar-refractivity contribution in [2.75, 3.05) is 0 Å². The number of fused-ring (bicyclic) bond motifs is 1. The van der Waals surface area contributed by atoms with Gasteiger partial charge in [-0.05, 0) is 29.1 Å². The molecule has 6 nitrogen and oxygen atoms in total. The van der Waals surface area contributed by atoms with E-state index in [4.69, 9.17) is 16.3 Å². The van der Waals surface area contributed by atoms with Gasteiger partial charge in [-0.2, -0.15) is 4.98 Å². The first-order chi connectivity index (χ1) is 10.0. The lowest BCUT2D eigenvalue weighted by atomic mass is 10.3. The van der Waals surface area contributed by atoms with Crippen LogP contribution >= 0.6 is 22.9 Å². The SMILES string of the molecule is O=[N+]([O-])c1ccc(Oc2nc(Cl)nc3sccc23)c(F)c1. The van der Waals surface area contributed by atoms with E-state index >= 15 is 0 Å². The van der Waals surface area contributed by atoms with Crippen LogP contribution in [0.4, 0.5) is 10.1 Å². The van der Waals surface area contributed by atoms with Gasteiger partial charge in [-0.1, -0.05) is 0 Å². The molecule has 0 atom stereocenters. The standard InChI is InChI=1S/C12H5ClFN3O3S/c13-12-15-10(7-3-4-21-11(7)16-12)20-9-2-1-6(17(18)19)5-8(9)14/h1-5H. The summed E-state index contributed by atoms with van der Waals surface area (Å²) in [7, 11) is 0. The first-order valence-electron chi connectivity index (χ1n) is 5.57. The second-order valence-electron chi connectivity index (χ2n) is 3.91. The molecule has 0 aliphatic carbocycles. The molecule has 2 aromatic heterocycles. The number of non-ortho nitro benzene ring substituents is 1. The molecule has 0 saturated heterocycles. The molecule has 0 N–H and O–H groups in total. The normalized spacial score (nSPS) is 10.8. The second-order valence-corrected chi connectivity index (χ2v) is 5.14. The van der Waals surface area contributed by atoms with E-state index in [9.17, 15) is 14.5 Å². The van der Waals surface area contributed by atoms with Crippen molar-refractivity contribution < 1.29 is 14.1 Å². The highest BCUT2D eigenvalue weighted by Crippen LogP contribution is 2.33. The molecule has 1 aromatic carbocycles. The van der Waals surface area contributed by atoms with Crippen LogP contribution in [0.1, 0.15) is 0 Å². The Morgan fingerprint density at radius 2 is 2.14 bits per heavy atom. The molecule has 0 unspecified atom stereocenters. The highest BCUT2D eigenvalue weighted by atomic mass is 35.5. The van der Waals surface area contributed by atoms with E-state index in [0.29, 0.717) is 10.2 Å². The fourth-order valence-corrected chi connectivity index (χ4v) is 2.64. The minimum Gasteiger partial charge on any atom is -0.435 e. The number of ether oxygens (including phenoxy) is 1. The van der Waals surface area contributed by atoms with Crippen LogP contribution in [0.5, 0.6) is 11.6 Å². The Morgan fingerprint density at radius 3 is 2.86 bits per heavy atom. The van der Waals surface area contributed by atoms with Crippen molar-refractivity contribution in [3.63, 3.8) is 0 Å². The van der Waals surface area contributed by atoms with Crippen LogP contribution in [0.15, 0.2) is 29.6 Å². The maximum Gasteiger partial charge on any atom is 0.272 e. The van der Waals surface area contributed by atoms with Crippen molar-refractivity contribution in [1.29, 1.82) is 0 Å². The summed E-state index contributed by atoms with van der Waals surface area (Å²) in [6, 6.07) is 4.81. The highest BCUT2D eigenvalue weighted by molar-refractivity contribution is 7.16. The number of aromatic nitrogens is 2. The van der Waals surface area contributed by atoms with Crippen LogP contribution in [0.3, 0.4) is 0 Å². The lowest BCUT2D eigenvalue weighted by molar-refractivity contribution is -0.385. The first-order valence-corrected chi connectivity index (χ1v) is 6.83. The van der Waals surface area contributed by atoms with E-state index < -0.39 is 10.7 Å². The first kappa shape index (κ1) is 13.7. The fourth-order valence-electron chi connectivity index (χ4n) is 1.67. The summed E-state index contributed by atoms with van der Waals surface area (Å²) >= 11 is 7.11. The van der Waals surface area contributed by atoms with Crippen molar-refractivity contribution >= 4 is 38.8 Å². The largest absolute Gasteiger partial charge is 0.435 e. The van der Waals surface area contributed by atoms with Crippen molar-refractivity contribution in [1.82, 2.24) is 9.97 Å². The van der Waals surface area contributed by atoms with E-state index in [1.807, 2.05) is 0 Å². The number of nitro groups is 1. The number of nitro benzene ring substituents is 1. The monoisotopic (exact) mass is 325 g/mol. The number of hydrogen-bond donors (Lipinski definition) is 0. The topological polar surface area (TPSA) is 78.2 Å². The molecule has 9 heteroatoms. The number of nitrogens with zero attached hydrogens (tertiary/aromatic N) is 3.